The molecule has 1 N–H and O–H groups in total. The Morgan fingerprint density at radius 2 is 1.59 bits per heavy atom. The molecule has 0 atom stereocenters. The van der Waals surface area contributed by atoms with E-state index in [0.717, 1.165) is 88.2 Å². The maximum absolute atomic E-state index is 11.9. The molecule has 9 nitrogen and oxygen atoms in total. The molecule has 0 aliphatic carbocycles. The van der Waals surface area contributed by atoms with Gasteiger partial charge in [0.25, 0.3) is 0 Å². The second-order valence-electron chi connectivity index (χ2n) is 11.6. The molecular formula is C35H44N4O5. The van der Waals surface area contributed by atoms with Crippen LogP contribution in [0.3, 0.4) is 0 Å². The molecular weight excluding hydrogens is 556 g/mol. The van der Waals surface area contributed by atoms with Crippen molar-refractivity contribution >= 4 is 34.6 Å². The fourth-order valence-electron chi connectivity index (χ4n) is 6.04. The van der Waals surface area contributed by atoms with Crippen molar-refractivity contribution in [1.29, 1.82) is 0 Å². The van der Waals surface area contributed by atoms with E-state index in [1.54, 1.807) is 6.07 Å². The van der Waals surface area contributed by atoms with Gasteiger partial charge in [0.1, 0.15) is 11.3 Å². The summed E-state index contributed by atoms with van der Waals surface area (Å²) in [6.07, 6.45) is 8.74. The van der Waals surface area contributed by atoms with Gasteiger partial charge >= 0.3 is 11.9 Å². The molecule has 0 unspecified atom stereocenters. The largest absolute Gasteiger partial charge is 0.494 e. The Morgan fingerprint density at radius 3 is 2.30 bits per heavy atom. The first-order chi connectivity index (χ1) is 21.5. The predicted molar refractivity (Wildman–Crippen MR) is 173 cm³/mol. The van der Waals surface area contributed by atoms with Crippen LogP contribution in [0.1, 0.15) is 43.4 Å². The molecule has 3 heterocycles. The Balaban J connectivity index is 1.10. The number of carboxylic acids is 1. The third kappa shape index (κ3) is 8.57. The predicted octanol–water partition coefficient (Wildman–Crippen LogP) is 4.89. The van der Waals surface area contributed by atoms with E-state index in [1.165, 1.54) is 50.4 Å². The number of piperazine rings is 1. The Morgan fingerprint density at radius 1 is 0.864 bits per heavy atom. The summed E-state index contributed by atoms with van der Waals surface area (Å²) in [6.45, 7) is 8.99. The SMILES string of the molecule is COC(=O)C(=Cc1ccc2cccc(N3CCN(CCc4ccc(OCCCN5CCCCCC5)cc4)CC3)c2n1)C(=O)O. The number of hydrogen-bond acceptors (Lipinski definition) is 8. The molecule has 0 amide bonds. The first-order valence-corrected chi connectivity index (χ1v) is 15.8. The van der Waals surface area contributed by atoms with Crippen molar-refractivity contribution < 1.29 is 24.2 Å². The summed E-state index contributed by atoms with van der Waals surface area (Å²) >= 11 is 0. The molecule has 2 saturated heterocycles. The molecule has 9 heteroatoms. The van der Waals surface area contributed by atoms with E-state index in [2.05, 4.69) is 49.8 Å². The Kier molecular flexibility index (Phi) is 11.2. The van der Waals surface area contributed by atoms with Gasteiger partial charge in [-0.3, -0.25) is 4.90 Å². The molecule has 2 aliphatic rings. The van der Waals surface area contributed by atoms with Gasteiger partial charge in [-0.2, -0.15) is 0 Å². The smallest absolute Gasteiger partial charge is 0.345 e. The number of carbonyl (C=O) groups is 2. The molecule has 3 aromatic rings. The highest BCUT2D eigenvalue weighted by molar-refractivity contribution is 6.16. The summed E-state index contributed by atoms with van der Waals surface area (Å²) in [6, 6.07) is 18.2. The maximum atomic E-state index is 11.9. The number of esters is 1. The lowest BCUT2D eigenvalue weighted by molar-refractivity contribution is -0.142. The first kappa shape index (κ1) is 31.5. The first-order valence-electron chi connectivity index (χ1n) is 15.8. The van der Waals surface area contributed by atoms with Gasteiger partial charge in [0.2, 0.25) is 0 Å². The fourth-order valence-corrected chi connectivity index (χ4v) is 6.04. The van der Waals surface area contributed by atoms with Crippen LogP contribution in [0, 0.1) is 0 Å². The van der Waals surface area contributed by atoms with Gasteiger partial charge in [0, 0.05) is 44.7 Å². The van der Waals surface area contributed by atoms with Crippen molar-refractivity contribution in [1.82, 2.24) is 14.8 Å². The van der Waals surface area contributed by atoms with Crippen molar-refractivity contribution in [3.8, 4) is 5.75 Å². The van der Waals surface area contributed by atoms with Gasteiger partial charge in [0.15, 0.2) is 0 Å². The Bertz CT molecular complexity index is 1420. The van der Waals surface area contributed by atoms with Crippen LogP contribution in [0.15, 0.2) is 60.2 Å². The number of ether oxygens (including phenoxy) is 2. The lowest BCUT2D eigenvalue weighted by atomic mass is 10.1. The second-order valence-corrected chi connectivity index (χ2v) is 11.6. The van der Waals surface area contributed by atoms with Crippen LogP contribution in [-0.2, 0) is 20.7 Å². The summed E-state index contributed by atoms with van der Waals surface area (Å²) in [5.74, 6) is -1.30. The number of likely N-dealkylation sites (tertiary alicyclic amines) is 1. The lowest BCUT2D eigenvalue weighted by Crippen LogP contribution is -2.47. The number of nitrogens with zero attached hydrogens (tertiary/aromatic N) is 4. The third-order valence-corrected chi connectivity index (χ3v) is 8.59. The maximum Gasteiger partial charge on any atom is 0.345 e. The molecule has 44 heavy (non-hydrogen) atoms. The number of anilines is 1. The van der Waals surface area contributed by atoms with Gasteiger partial charge in [0.05, 0.1) is 30.6 Å². The highest BCUT2D eigenvalue weighted by Crippen LogP contribution is 2.27. The number of methoxy groups -OCH3 is 1. The highest BCUT2D eigenvalue weighted by atomic mass is 16.5. The standard InChI is InChI=1S/C35H44N4O5/c1-43-35(42)31(34(40)41)26-29-13-12-28-8-6-9-32(33(28)36-29)39-23-21-38(22-24-39)20-16-27-10-14-30(15-11-27)44-25-7-19-37-17-4-2-3-5-18-37/h6,8-15,26H,2-5,7,16-25H2,1H3,(H,40,41). The fraction of sp³-hybridized carbons (Fsp3) is 0.457. The number of fused-ring (bicyclic) bond motifs is 1. The van der Waals surface area contributed by atoms with E-state index in [1.807, 2.05) is 18.2 Å². The lowest BCUT2D eigenvalue weighted by Gasteiger charge is -2.36. The van der Waals surface area contributed by atoms with Gasteiger partial charge in [-0.25, -0.2) is 14.6 Å². The van der Waals surface area contributed by atoms with Crippen LogP contribution >= 0.6 is 0 Å². The van der Waals surface area contributed by atoms with Crippen molar-refractivity contribution in [2.75, 3.05) is 71.0 Å². The molecule has 0 radical (unpaired) electrons. The van der Waals surface area contributed by atoms with Crippen molar-refractivity contribution in [2.24, 2.45) is 0 Å². The van der Waals surface area contributed by atoms with Crippen molar-refractivity contribution in [2.45, 2.75) is 38.5 Å². The van der Waals surface area contributed by atoms with Crippen LogP contribution in [-0.4, -0.2) is 97.9 Å². The second kappa shape index (κ2) is 15.7. The number of benzene rings is 2. The van der Waals surface area contributed by atoms with E-state index in [4.69, 9.17) is 9.72 Å². The molecule has 234 valence electrons. The van der Waals surface area contributed by atoms with E-state index in [9.17, 15) is 14.7 Å². The molecule has 2 aromatic carbocycles. The van der Waals surface area contributed by atoms with E-state index < -0.39 is 17.5 Å². The zero-order valence-electron chi connectivity index (χ0n) is 25.7. The monoisotopic (exact) mass is 600 g/mol. The quantitative estimate of drug-likeness (QED) is 0.103. The van der Waals surface area contributed by atoms with E-state index in [0.29, 0.717) is 5.69 Å². The van der Waals surface area contributed by atoms with Gasteiger partial charge in [-0.05, 0) is 74.7 Å². The van der Waals surface area contributed by atoms with E-state index >= 15 is 0 Å². The Hall–Kier alpha value is -3.95. The number of hydrogen-bond donors (Lipinski definition) is 1. The number of carboxylic acid groups (broad SMARTS) is 1. The normalized spacial score (nSPS) is 16.9. The molecule has 2 aliphatic heterocycles. The minimum atomic E-state index is -1.35. The summed E-state index contributed by atoms with van der Waals surface area (Å²) in [5.41, 5.74) is 3.06. The van der Waals surface area contributed by atoms with Gasteiger partial charge < -0.3 is 24.4 Å². The number of aliphatic carboxylic acids is 1. The highest BCUT2D eigenvalue weighted by Gasteiger charge is 2.21. The summed E-state index contributed by atoms with van der Waals surface area (Å²) in [7, 11) is 1.16. The minimum Gasteiger partial charge on any atom is -0.494 e. The van der Waals surface area contributed by atoms with E-state index in [-0.39, 0.29) is 0 Å². The number of pyridine rings is 1. The minimum absolute atomic E-state index is 0.399. The average Bonchev–Trinajstić information content (AvgIpc) is 3.33. The summed E-state index contributed by atoms with van der Waals surface area (Å²) in [4.78, 5) is 35.6. The summed E-state index contributed by atoms with van der Waals surface area (Å²) in [5, 5.41) is 10.4. The molecule has 0 spiro atoms. The molecule has 0 saturated carbocycles. The van der Waals surface area contributed by atoms with Crippen LogP contribution in [0.25, 0.3) is 17.0 Å². The average molecular weight is 601 g/mol. The topological polar surface area (TPSA) is 95.4 Å². The number of rotatable bonds is 12. The molecule has 0 bridgehead atoms. The molecule has 2 fully saturated rings. The van der Waals surface area contributed by atoms with Crippen molar-refractivity contribution in [3.05, 3.63) is 71.4 Å². The van der Waals surface area contributed by atoms with Gasteiger partial charge in [-0.1, -0.05) is 43.2 Å². The van der Waals surface area contributed by atoms with Crippen LogP contribution in [0.2, 0.25) is 0 Å². The third-order valence-electron chi connectivity index (χ3n) is 8.59. The van der Waals surface area contributed by atoms with Crippen LogP contribution < -0.4 is 9.64 Å². The number of carbonyl (C=O) groups excluding carboxylic acids is 1. The molecule has 5 rings (SSSR count). The zero-order chi connectivity index (χ0) is 30.7. The van der Waals surface area contributed by atoms with Crippen LogP contribution in [0.5, 0.6) is 5.75 Å². The van der Waals surface area contributed by atoms with Gasteiger partial charge in [-0.15, -0.1) is 0 Å². The Labute approximate surface area is 260 Å². The number of aromatic nitrogens is 1. The number of para-hydroxylation sites is 1. The van der Waals surface area contributed by atoms with Crippen LogP contribution in [0.4, 0.5) is 5.69 Å². The zero-order valence-corrected chi connectivity index (χ0v) is 25.7. The summed E-state index contributed by atoms with van der Waals surface area (Å²) < 4.78 is 10.6. The molecule has 1 aromatic heterocycles. The van der Waals surface area contributed by atoms with Crippen molar-refractivity contribution in [3.63, 3.8) is 0 Å².